The summed E-state index contributed by atoms with van der Waals surface area (Å²) in [5.41, 5.74) is 7.65. The maximum atomic E-state index is 5.78. The second kappa shape index (κ2) is 5.47. The van der Waals surface area contributed by atoms with Gasteiger partial charge in [0.05, 0.1) is 10.2 Å². The van der Waals surface area contributed by atoms with E-state index < -0.39 is 0 Å². The summed E-state index contributed by atoms with van der Waals surface area (Å²) in [6.45, 7) is 1.84. The van der Waals surface area contributed by atoms with Crippen molar-refractivity contribution in [2.45, 2.75) is 17.2 Å². The van der Waals surface area contributed by atoms with Crippen LogP contribution in [0.4, 0.5) is 5.69 Å². The van der Waals surface area contributed by atoms with E-state index in [9.17, 15) is 0 Å². The number of hydrogen-bond donors (Lipinski definition) is 1. The average Bonchev–Trinajstić information content (AvgIpc) is 2.79. The van der Waals surface area contributed by atoms with Crippen molar-refractivity contribution in [1.82, 2.24) is 4.98 Å². The molecule has 1 fully saturated rings. The van der Waals surface area contributed by atoms with Gasteiger partial charge in [-0.15, -0.1) is 11.3 Å². The number of fused-ring (bicyclic) bond motifs is 1. The molecular formula is C13H16N2OS2. The third-order valence-corrected chi connectivity index (χ3v) is 5.57. The normalized spacial score (nSPS) is 17.3. The Balaban J connectivity index is 1.67. The van der Waals surface area contributed by atoms with E-state index in [1.54, 1.807) is 11.3 Å². The minimum absolute atomic E-state index is 0.779. The van der Waals surface area contributed by atoms with E-state index in [1.165, 1.54) is 17.5 Å². The van der Waals surface area contributed by atoms with Gasteiger partial charge in [-0.25, -0.2) is 4.98 Å². The quantitative estimate of drug-likeness (QED) is 0.691. The van der Waals surface area contributed by atoms with Crippen LogP contribution in [0.1, 0.15) is 12.8 Å². The van der Waals surface area contributed by atoms with Gasteiger partial charge < -0.3 is 10.5 Å². The number of anilines is 1. The van der Waals surface area contributed by atoms with Crippen molar-refractivity contribution >= 4 is 39.0 Å². The zero-order valence-corrected chi connectivity index (χ0v) is 11.7. The molecular weight excluding hydrogens is 264 g/mol. The van der Waals surface area contributed by atoms with Gasteiger partial charge in [-0.1, -0.05) is 11.8 Å². The fraction of sp³-hybridized carbons (Fsp3) is 0.462. The molecule has 0 saturated carbocycles. The summed E-state index contributed by atoms with van der Waals surface area (Å²) < 4.78 is 7.72. The maximum absolute atomic E-state index is 5.78. The highest BCUT2D eigenvalue weighted by molar-refractivity contribution is 8.01. The number of benzene rings is 1. The second-order valence-electron chi connectivity index (χ2n) is 4.57. The Bertz CT molecular complexity index is 535. The molecule has 0 bridgehead atoms. The Morgan fingerprint density at radius 3 is 3.06 bits per heavy atom. The first kappa shape index (κ1) is 12.3. The van der Waals surface area contributed by atoms with Gasteiger partial charge >= 0.3 is 0 Å². The Morgan fingerprint density at radius 2 is 2.22 bits per heavy atom. The molecule has 1 aromatic heterocycles. The Hall–Kier alpha value is -0.780. The minimum atomic E-state index is 0.779. The monoisotopic (exact) mass is 280 g/mol. The molecule has 3 rings (SSSR count). The summed E-state index contributed by atoms with van der Waals surface area (Å²) in [6.07, 6.45) is 2.37. The molecule has 1 aromatic carbocycles. The van der Waals surface area contributed by atoms with Crippen molar-refractivity contribution in [3.05, 3.63) is 18.2 Å². The molecule has 2 N–H and O–H groups in total. The number of hydrogen-bond acceptors (Lipinski definition) is 5. The van der Waals surface area contributed by atoms with E-state index in [4.69, 9.17) is 10.5 Å². The van der Waals surface area contributed by atoms with Crippen molar-refractivity contribution in [2.75, 3.05) is 24.7 Å². The van der Waals surface area contributed by atoms with Crippen molar-refractivity contribution in [2.24, 2.45) is 5.92 Å². The van der Waals surface area contributed by atoms with Crippen LogP contribution in [0.5, 0.6) is 0 Å². The number of nitrogens with two attached hydrogens (primary N) is 1. The summed E-state index contributed by atoms with van der Waals surface area (Å²) in [4.78, 5) is 4.63. The highest BCUT2D eigenvalue weighted by atomic mass is 32.2. The number of nitrogen functional groups attached to an aromatic ring is 1. The second-order valence-corrected chi connectivity index (χ2v) is 6.87. The topological polar surface area (TPSA) is 48.1 Å². The number of rotatable bonds is 3. The van der Waals surface area contributed by atoms with E-state index in [-0.39, 0.29) is 0 Å². The molecule has 2 aromatic rings. The van der Waals surface area contributed by atoms with E-state index >= 15 is 0 Å². The molecule has 5 heteroatoms. The van der Waals surface area contributed by atoms with Crippen LogP contribution in [0, 0.1) is 5.92 Å². The summed E-state index contributed by atoms with van der Waals surface area (Å²) in [5.74, 6) is 1.93. The summed E-state index contributed by atoms with van der Waals surface area (Å²) in [6, 6.07) is 5.92. The lowest BCUT2D eigenvalue weighted by Crippen LogP contribution is -2.17. The largest absolute Gasteiger partial charge is 0.399 e. The third-order valence-electron chi connectivity index (χ3n) is 3.18. The van der Waals surface area contributed by atoms with Crippen molar-refractivity contribution in [3.8, 4) is 0 Å². The minimum Gasteiger partial charge on any atom is -0.399 e. The van der Waals surface area contributed by atoms with Crippen LogP contribution >= 0.6 is 23.1 Å². The average molecular weight is 280 g/mol. The zero-order chi connectivity index (χ0) is 12.4. The van der Waals surface area contributed by atoms with Gasteiger partial charge in [-0.05, 0) is 37.0 Å². The smallest absolute Gasteiger partial charge is 0.151 e. The molecule has 0 atom stereocenters. The Morgan fingerprint density at radius 1 is 1.39 bits per heavy atom. The molecule has 0 amide bonds. The van der Waals surface area contributed by atoms with Gasteiger partial charge in [-0.3, -0.25) is 0 Å². The van der Waals surface area contributed by atoms with E-state index in [2.05, 4.69) is 4.98 Å². The molecule has 0 radical (unpaired) electrons. The van der Waals surface area contributed by atoms with Crippen molar-refractivity contribution < 1.29 is 4.74 Å². The van der Waals surface area contributed by atoms with Gasteiger partial charge in [0.1, 0.15) is 0 Å². The summed E-state index contributed by atoms with van der Waals surface area (Å²) in [5, 5.41) is 0. The van der Waals surface area contributed by atoms with Crippen LogP contribution in [0.3, 0.4) is 0 Å². The first-order valence-corrected chi connectivity index (χ1v) is 7.98. The first-order valence-electron chi connectivity index (χ1n) is 6.18. The number of aromatic nitrogens is 1. The SMILES string of the molecule is Nc1ccc2nc(SCC3CCOCC3)sc2c1. The summed E-state index contributed by atoms with van der Waals surface area (Å²) >= 11 is 3.61. The van der Waals surface area contributed by atoms with Crippen molar-refractivity contribution in [3.63, 3.8) is 0 Å². The number of thiazole rings is 1. The third kappa shape index (κ3) is 2.79. The summed E-state index contributed by atoms with van der Waals surface area (Å²) in [7, 11) is 0. The highest BCUT2D eigenvalue weighted by Gasteiger charge is 2.15. The molecule has 2 heterocycles. The molecule has 1 aliphatic rings. The molecule has 1 saturated heterocycles. The van der Waals surface area contributed by atoms with Gasteiger partial charge in [0, 0.05) is 24.7 Å². The predicted molar refractivity (Wildman–Crippen MR) is 78.3 cm³/mol. The van der Waals surface area contributed by atoms with Crippen LogP contribution in [0.2, 0.25) is 0 Å². The molecule has 0 unspecified atom stereocenters. The van der Waals surface area contributed by atoms with Gasteiger partial charge in [0.2, 0.25) is 0 Å². The van der Waals surface area contributed by atoms with E-state index in [0.29, 0.717) is 0 Å². The van der Waals surface area contributed by atoms with Gasteiger partial charge in [0.15, 0.2) is 4.34 Å². The lowest BCUT2D eigenvalue weighted by Gasteiger charge is -2.20. The number of ether oxygens (including phenoxy) is 1. The molecule has 96 valence electrons. The predicted octanol–water partition coefficient (Wildman–Crippen LogP) is 3.40. The lowest BCUT2D eigenvalue weighted by atomic mass is 10.0. The standard InChI is InChI=1S/C13H16N2OS2/c14-10-1-2-11-12(7-10)18-13(15-11)17-8-9-3-5-16-6-4-9/h1-2,7,9H,3-6,8,14H2. The van der Waals surface area contributed by atoms with Crippen LogP contribution in [0.25, 0.3) is 10.2 Å². The zero-order valence-electron chi connectivity index (χ0n) is 10.1. The Kier molecular flexibility index (Phi) is 3.72. The fourth-order valence-electron chi connectivity index (χ4n) is 2.08. The molecule has 0 aliphatic carbocycles. The molecule has 18 heavy (non-hydrogen) atoms. The van der Waals surface area contributed by atoms with Crippen LogP contribution < -0.4 is 5.73 Å². The Labute approximate surface area is 115 Å². The van der Waals surface area contributed by atoms with E-state index in [0.717, 1.165) is 40.4 Å². The van der Waals surface area contributed by atoms with E-state index in [1.807, 2.05) is 30.0 Å². The van der Waals surface area contributed by atoms with Crippen LogP contribution in [-0.4, -0.2) is 24.0 Å². The molecule has 1 aliphatic heterocycles. The van der Waals surface area contributed by atoms with Crippen LogP contribution in [0.15, 0.2) is 22.5 Å². The fourth-order valence-corrected chi connectivity index (χ4v) is 4.41. The van der Waals surface area contributed by atoms with Gasteiger partial charge in [-0.2, -0.15) is 0 Å². The van der Waals surface area contributed by atoms with Gasteiger partial charge in [0.25, 0.3) is 0 Å². The van der Waals surface area contributed by atoms with Crippen molar-refractivity contribution in [1.29, 1.82) is 0 Å². The molecule has 3 nitrogen and oxygen atoms in total. The lowest BCUT2D eigenvalue weighted by molar-refractivity contribution is 0.0728. The number of nitrogens with zero attached hydrogens (tertiary/aromatic N) is 1. The highest BCUT2D eigenvalue weighted by Crippen LogP contribution is 2.33. The number of thioether (sulfide) groups is 1. The molecule has 0 spiro atoms. The first-order chi connectivity index (χ1) is 8.81. The van der Waals surface area contributed by atoms with Crippen LogP contribution in [-0.2, 0) is 4.74 Å². The maximum Gasteiger partial charge on any atom is 0.151 e.